The Bertz CT molecular complexity index is 542. The molecule has 2 rings (SSSR count). The van der Waals surface area contributed by atoms with Crippen LogP contribution in [-0.2, 0) is 6.42 Å². The van der Waals surface area contributed by atoms with Gasteiger partial charge in [0.1, 0.15) is 0 Å². The maximum Gasteiger partial charge on any atom is 0.336 e. The minimum Gasteiger partial charge on any atom is -0.478 e. The summed E-state index contributed by atoms with van der Waals surface area (Å²) in [6.07, 6.45) is 3.51. The molecule has 0 atom stereocenters. The molecule has 0 saturated carbocycles. The van der Waals surface area contributed by atoms with Crippen LogP contribution in [0.1, 0.15) is 42.1 Å². The molecule has 0 radical (unpaired) electrons. The molecule has 0 aliphatic carbocycles. The van der Waals surface area contributed by atoms with Crippen molar-refractivity contribution in [1.82, 2.24) is 4.90 Å². The lowest BCUT2D eigenvalue weighted by Gasteiger charge is -2.33. The van der Waals surface area contributed by atoms with Crippen LogP contribution in [0.25, 0.3) is 0 Å². The van der Waals surface area contributed by atoms with E-state index in [1.54, 1.807) is 29.0 Å². The van der Waals surface area contributed by atoms with Crippen molar-refractivity contribution in [2.75, 3.05) is 25.0 Å². The average Bonchev–Trinajstić information content (AvgIpc) is 2.50. The molecule has 0 spiro atoms. The monoisotopic (exact) mass is 290 g/mol. The second-order valence-electron chi connectivity index (χ2n) is 5.42. The minimum atomic E-state index is -0.930. The van der Waals surface area contributed by atoms with Crippen LogP contribution < -0.4 is 4.90 Å². The number of rotatable bonds is 4. The van der Waals surface area contributed by atoms with Crippen LogP contribution in [0, 0.1) is 0 Å². The summed E-state index contributed by atoms with van der Waals surface area (Å²) in [4.78, 5) is 27.3. The number of urea groups is 1. The molecule has 5 nitrogen and oxygen atoms in total. The molecule has 0 bridgehead atoms. The third-order valence-corrected chi connectivity index (χ3v) is 3.89. The highest BCUT2D eigenvalue weighted by Gasteiger charge is 2.27. The predicted molar refractivity (Wildman–Crippen MR) is 82.0 cm³/mol. The number of carboxylic acid groups (broad SMARTS) is 1. The van der Waals surface area contributed by atoms with Crippen molar-refractivity contribution in [2.24, 2.45) is 0 Å². The first-order valence-corrected chi connectivity index (χ1v) is 7.44. The van der Waals surface area contributed by atoms with Crippen molar-refractivity contribution in [3.8, 4) is 0 Å². The molecule has 1 aromatic carbocycles. The second-order valence-corrected chi connectivity index (χ2v) is 5.42. The normalized spacial score (nSPS) is 13.7. The number of carbonyl (C=O) groups is 2. The van der Waals surface area contributed by atoms with Gasteiger partial charge in [0.15, 0.2) is 0 Å². The number of hydrogen-bond acceptors (Lipinski definition) is 2. The summed E-state index contributed by atoms with van der Waals surface area (Å²) in [6.45, 7) is 3.46. The van der Waals surface area contributed by atoms with E-state index in [0.29, 0.717) is 18.5 Å². The molecule has 1 heterocycles. The van der Waals surface area contributed by atoms with Crippen molar-refractivity contribution in [2.45, 2.75) is 32.6 Å². The largest absolute Gasteiger partial charge is 0.478 e. The fourth-order valence-electron chi connectivity index (χ4n) is 2.72. The van der Waals surface area contributed by atoms with E-state index in [2.05, 4.69) is 6.92 Å². The number of anilines is 1. The molecule has 0 saturated heterocycles. The van der Waals surface area contributed by atoms with Gasteiger partial charge in [0.05, 0.1) is 5.56 Å². The van der Waals surface area contributed by atoms with Crippen LogP contribution in [0.15, 0.2) is 18.2 Å². The quantitative estimate of drug-likeness (QED) is 0.927. The number of nitrogens with zero attached hydrogens (tertiary/aromatic N) is 2. The Morgan fingerprint density at radius 2 is 2.14 bits per heavy atom. The van der Waals surface area contributed by atoms with Gasteiger partial charge in [0.2, 0.25) is 0 Å². The van der Waals surface area contributed by atoms with E-state index < -0.39 is 5.97 Å². The Labute approximate surface area is 125 Å². The lowest BCUT2D eigenvalue weighted by atomic mass is 9.96. The van der Waals surface area contributed by atoms with Crippen LogP contribution in [0.2, 0.25) is 0 Å². The first-order chi connectivity index (χ1) is 10.1. The van der Waals surface area contributed by atoms with E-state index in [-0.39, 0.29) is 6.03 Å². The van der Waals surface area contributed by atoms with Crippen molar-refractivity contribution < 1.29 is 14.7 Å². The molecule has 0 unspecified atom stereocenters. The Balaban J connectivity index is 2.28. The molecule has 21 heavy (non-hydrogen) atoms. The Morgan fingerprint density at radius 1 is 1.38 bits per heavy atom. The van der Waals surface area contributed by atoms with Gasteiger partial charge in [-0.25, -0.2) is 9.59 Å². The summed E-state index contributed by atoms with van der Waals surface area (Å²) >= 11 is 0. The highest BCUT2D eigenvalue weighted by atomic mass is 16.4. The van der Waals surface area contributed by atoms with E-state index in [1.807, 2.05) is 6.07 Å². The van der Waals surface area contributed by atoms with Gasteiger partial charge < -0.3 is 10.0 Å². The van der Waals surface area contributed by atoms with E-state index in [4.69, 9.17) is 0 Å². The number of benzene rings is 1. The molecule has 0 aromatic heterocycles. The molecule has 1 aliphatic heterocycles. The summed E-state index contributed by atoms with van der Waals surface area (Å²) in [5.41, 5.74) is 1.82. The third-order valence-electron chi connectivity index (χ3n) is 3.89. The number of aromatic carboxylic acids is 1. The van der Waals surface area contributed by atoms with Gasteiger partial charge in [-0.3, -0.25) is 4.90 Å². The Morgan fingerprint density at radius 3 is 2.81 bits per heavy atom. The fraction of sp³-hybridized carbons (Fsp3) is 0.500. The maximum absolute atomic E-state index is 12.6. The summed E-state index contributed by atoms with van der Waals surface area (Å²) < 4.78 is 0. The number of fused-ring (bicyclic) bond motifs is 1. The van der Waals surface area contributed by atoms with Gasteiger partial charge in [-0.1, -0.05) is 19.4 Å². The lowest BCUT2D eigenvalue weighted by Crippen LogP contribution is -2.44. The first kappa shape index (κ1) is 15.4. The van der Waals surface area contributed by atoms with Crippen LogP contribution in [0.4, 0.5) is 10.5 Å². The molecule has 1 N–H and O–H groups in total. The van der Waals surface area contributed by atoms with Crippen molar-refractivity contribution >= 4 is 17.7 Å². The first-order valence-electron chi connectivity index (χ1n) is 7.44. The topological polar surface area (TPSA) is 60.9 Å². The highest BCUT2D eigenvalue weighted by Crippen LogP contribution is 2.30. The molecule has 1 aliphatic rings. The SMILES string of the molecule is CCCCN(C)C(=O)N1CCCc2c(C(=O)O)cccc21. The second kappa shape index (κ2) is 6.61. The highest BCUT2D eigenvalue weighted by molar-refractivity contribution is 5.97. The van der Waals surface area contributed by atoms with E-state index >= 15 is 0 Å². The van der Waals surface area contributed by atoms with E-state index in [1.165, 1.54) is 0 Å². The zero-order valence-electron chi connectivity index (χ0n) is 12.6. The van der Waals surface area contributed by atoms with Crippen LogP contribution in [0.3, 0.4) is 0 Å². The summed E-state index contributed by atoms with van der Waals surface area (Å²) in [6, 6.07) is 5.11. The zero-order chi connectivity index (χ0) is 15.4. The van der Waals surface area contributed by atoms with Crippen molar-refractivity contribution in [3.63, 3.8) is 0 Å². The summed E-state index contributed by atoms with van der Waals surface area (Å²) in [5, 5.41) is 9.28. The number of carbonyl (C=O) groups excluding carboxylic acids is 1. The van der Waals surface area contributed by atoms with Gasteiger partial charge in [0, 0.05) is 25.8 Å². The number of amides is 2. The van der Waals surface area contributed by atoms with Crippen molar-refractivity contribution in [1.29, 1.82) is 0 Å². The molecule has 114 valence electrons. The zero-order valence-corrected chi connectivity index (χ0v) is 12.6. The predicted octanol–water partition coefficient (Wildman–Crippen LogP) is 2.99. The number of hydrogen-bond donors (Lipinski definition) is 1. The van der Waals surface area contributed by atoms with Gasteiger partial charge in [-0.05, 0) is 37.0 Å². The van der Waals surface area contributed by atoms with Gasteiger partial charge >= 0.3 is 12.0 Å². The minimum absolute atomic E-state index is 0.0491. The smallest absolute Gasteiger partial charge is 0.336 e. The van der Waals surface area contributed by atoms with Crippen molar-refractivity contribution in [3.05, 3.63) is 29.3 Å². The number of unbranched alkanes of at least 4 members (excludes halogenated alkanes) is 1. The van der Waals surface area contributed by atoms with Crippen LogP contribution in [-0.4, -0.2) is 42.1 Å². The van der Waals surface area contributed by atoms with E-state index in [0.717, 1.165) is 37.1 Å². The molecule has 2 amide bonds. The van der Waals surface area contributed by atoms with Gasteiger partial charge in [-0.2, -0.15) is 0 Å². The lowest BCUT2D eigenvalue weighted by molar-refractivity contribution is 0.0695. The maximum atomic E-state index is 12.6. The average molecular weight is 290 g/mol. The van der Waals surface area contributed by atoms with Gasteiger partial charge in [-0.15, -0.1) is 0 Å². The molecule has 0 fully saturated rings. The Kier molecular flexibility index (Phi) is 4.83. The van der Waals surface area contributed by atoms with Crippen LogP contribution >= 0.6 is 0 Å². The third kappa shape index (κ3) is 3.17. The van der Waals surface area contributed by atoms with Gasteiger partial charge in [0.25, 0.3) is 0 Å². The summed E-state index contributed by atoms with van der Waals surface area (Å²) in [5.74, 6) is -0.930. The number of carboxylic acids is 1. The van der Waals surface area contributed by atoms with E-state index in [9.17, 15) is 14.7 Å². The van der Waals surface area contributed by atoms with Crippen LogP contribution in [0.5, 0.6) is 0 Å². The standard InChI is InChI=1S/C16H22N2O3/c1-3-4-10-17(2)16(21)18-11-6-8-12-13(15(19)20)7-5-9-14(12)18/h5,7,9H,3-4,6,8,10-11H2,1-2H3,(H,19,20). The summed E-state index contributed by atoms with van der Waals surface area (Å²) in [7, 11) is 1.80. The molecule has 5 heteroatoms. The molecular weight excluding hydrogens is 268 g/mol. The Hall–Kier alpha value is -2.04. The molecule has 1 aromatic rings. The fourth-order valence-corrected chi connectivity index (χ4v) is 2.72. The molecular formula is C16H22N2O3.